The van der Waals surface area contributed by atoms with E-state index in [1.165, 1.54) is 18.2 Å². The lowest BCUT2D eigenvalue weighted by atomic mass is 10.2. The molecule has 1 aliphatic carbocycles. The van der Waals surface area contributed by atoms with Gasteiger partial charge >= 0.3 is 5.97 Å². The highest BCUT2D eigenvalue weighted by Gasteiger charge is 2.48. The van der Waals surface area contributed by atoms with Crippen LogP contribution in [0.2, 0.25) is 0 Å². The predicted molar refractivity (Wildman–Crippen MR) is 65.4 cm³/mol. The average Bonchev–Trinajstić information content (AvgIpc) is 3.13. The molecule has 2 N–H and O–H groups in total. The van der Waals surface area contributed by atoms with E-state index >= 15 is 0 Å². The number of aliphatic carboxylic acids is 1. The van der Waals surface area contributed by atoms with Crippen LogP contribution in [0, 0.1) is 17.7 Å². The summed E-state index contributed by atoms with van der Waals surface area (Å²) in [5, 5.41) is 11.3. The number of hydrogen-bond acceptors (Lipinski definition) is 3. The number of benzene rings is 1. The molecule has 1 aromatic rings. The molecule has 5 nitrogen and oxygen atoms in total. The minimum Gasteiger partial charge on any atom is -0.492 e. The maximum absolute atomic E-state index is 13.1. The molecule has 19 heavy (non-hydrogen) atoms. The zero-order valence-electron chi connectivity index (χ0n) is 10.4. The standard InChI is InChI=1S/C13H14FNO4/c1-2-19-11-5-7(14)3-4-10(11)15-12(16)8-6-9(8)13(17)18/h3-5,8-9H,2,6H2,1H3,(H,15,16)(H,17,18)/t8-,9+/m1/s1. The van der Waals surface area contributed by atoms with Crippen molar-refractivity contribution in [2.45, 2.75) is 13.3 Å². The number of hydrogen-bond donors (Lipinski definition) is 2. The molecule has 1 saturated carbocycles. The number of anilines is 1. The molecule has 2 rings (SSSR count). The summed E-state index contributed by atoms with van der Waals surface area (Å²) < 4.78 is 18.3. The summed E-state index contributed by atoms with van der Waals surface area (Å²) in [4.78, 5) is 22.5. The van der Waals surface area contributed by atoms with Gasteiger partial charge < -0.3 is 15.2 Å². The Morgan fingerprint density at radius 2 is 2.21 bits per heavy atom. The molecule has 0 radical (unpaired) electrons. The van der Waals surface area contributed by atoms with Crippen LogP contribution in [0.15, 0.2) is 18.2 Å². The minimum absolute atomic E-state index is 0.239. The first kappa shape index (κ1) is 13.3. The van der Waals surface area contributed by atoms with Crippen molar-refractivity contribution in [3.05, 3.63) is 24.0 Å². The maximum Gasteiger partial charge on any atom is 0.307 e. The summed E-state index contributed by atoms with van der Waals surface area (Å²) in [6, 6.07) is 3.79. The van der Waals surface area contributed by atoms with Gasteiger partial charge in [0.25, 0.3) is 0 Å². The van der Waals surface area contributed by atoms with Crippen molar-refractivity contribution in [1.29, 1.82) is 0 Å². The second-order valence-corrected chi connectivity index (χ2v) is 4.35. The van der Waals surface area contributed by atoms with E-state index in [1.807, 2.05) is 0 Å². The Kier molecular flexibility index (Phi) is 3.69. The number of amides is 1. The highest BCUT2D eigenvalue weighted by atomic mass is 19.1. The van der Waals surface area contributed by atoms with Crippen molar-refractivity contribution in [2.24, 2.45) is 11.8 Å². The van der Waals surface area contributed by atoms with Crippen molar-refractivity contribution < 1.29 is 23.8 Å². The second-order valence-electron chi connectivity index (χ2n) is 4.35. The van der Waals surface area contributed by atoms with Crippen LogP contribution in [-0.2, 0) is 9.59 Å². The van der Waals surface area contributed by atoms with E-state index < -0.39 is 23.6 Å². The topological polar surface area (TPSA) is 75.6 Å². The zero-order valence-corrected chi connectivity index (χ0v) is 10.4. The van der Waals surface area contributed by atoms with Crippen molar-refractivity contribution in [2.75, 3.05) is 11.9 Å². The van der Waals surface area contributed by atoms with E-state index in [0.29, 0.717) is 18.7 Å². The molecular formula is C13H14FNO4. The molecular weight excluding hydrogens is 253 g/mol. The van der Waals surface area contributed by atoms with Gasteiger partial charge in [0.2, 0.25) is 5.91 Å². The van der Waals surface area contributed by atoms with Crippen molar-refractivity contribution in [1.82, 2.24) is 0 Å². The van der Waals surface area contributed by atoms with Crippen LogP contribution in [-0.4, -0.2) is 23.6 Å². The minimum atomic E-state index is -0.968. The third-order valence-corrected chi connectivity index (χ3v) is 2.95. The Balaban J connectivity index is 2.07. The SMILES string of the molecule is CCOc1cc(F)ccc1NC(=O)[C@@H]1C[C@@H]1C(=O)O. The fourth-order valence-electron chi connectivity index (χ4n) is 1.86. The summed E-state index contributed by atoms with van der Waals surface area (Å²) >= 11 is 0. The lowest BCUT2D eigenvalue weighted by molar-refractivity contribution is -0.139. The van der Waals surface area contributed by atoms with Gasteiger partial charge in [-0.05, 0) is 25.5 Å². The van der Waals surface area contributed by atoms with Gasteiger partial charge in [-0.2, -0.15) is 0 Å². The van der Waals surface area contributed by atoms with Crippen LogP contribution in [0.1, 0.15) is 13.3 Å². The number of rotatable bonds is 5. The number of carbonyl (C=O) groups excluding carboxylic acids is 1. The van der Waals surface area contributed by atoms with Crippen LogP contribution in [0.4, 0.5) is 10.1 Å². The third-order valence-electron chi connectivity index (χ3n) is 2.95. The van der Waals surface area contributed by atoms with E-state index in [1.54, 1.807) is 6.92 Å². The van der Waals surface area contributed by atoms with Gasteiger partial charge in [0.15, 0.2) is 0 Å². The molecule has 2 atom stereocenters. The molecule has 6 heteroatoms. The largest absolute Gasteiger partial charge is 0.492 e. The Labute approximate surface area is 109 Å². The Morgan fingerprint density at radius 1 is 1.47 bits per heavy atom. The number of halogens is 1. The van der Waals surface area contributed by atoms with Crippen LogP contribution in [0.5, 0.6) is 5.75 Å². The smallest absolute Gasteiger partial charge is 0.307 e. The van der Waals surface area contributed by atoms with Gasteiger partial charge in [-0.1, -0.05) is 0 Å². The fraction of sp³-hybridized carbons (Fsp3) is 0.385. The lowest BCUT2D eigenvalue weighted by Crippen LogP contribution is -2.17. The number of carboxylic acids is 1. The Morgan fingerprint density at radius 3 is 2.79 bits per heavy atom. The summed E-state index contributed by atoms with van der Waals surface area (Å²) in [7, 11) is 0. The molecule has 0 aromatic heterocycles. The van der Waals surface area contributed by atoms with Gasteiger partial charge in [-0.25, -0.2) is 4.39 Å². The quantitative estimate of drug-likeness (QED) is 0.854. The van der Waals surface area contributed by atoms with Crippen molar-refractivity contribution in [3.63, 3.8) is 0 Å². The van der Waals surface area contributed by atoms with E-state index in [0.717, 1.165) is 0 Å². The Bertz CT molecular complexity index is 517. The van der Waals surface area contributed by atoms with Gasteiger partial charge in [-0.3, -0.25) is 9.59 Å². The molecule has 0 bridgehead atoms. The van der Waals surface area contributed by atoms with Crippen molar-refractivity contribution >= 4 is 17.6 Å². The molecule has 1 aliphatic rings. The van der Waals surface area contributed by atoms with Gasteiger partial charge in [-0.15, -0.1) is 0 Å². The van der Waals surface area contributed by atoms with E-state index in [2.05, 4.69) is 5.32 Å². The summed E-state index contributed by atoms with van der Waals surface area (Å²) in [6.45, 7) is 2.09. The highest BCUT2D eigenvalue weighted by Crippen LogP contribution is 2.40. The number of nitrogens with one attached hydrogen (secondary N) is 1. The third kappa shape index (κ3) is 3.01. The van der Waals surface area contributed by atoms with E-state index in [4.69, 9.17) is 9.84 Å². The molecule has 0 heterocycles. The van der Waals surface area contributed by atoms with E-state index in [9.17, 15) is 14.0 Å². The second kappa shape index (κ2) is 5.26. The predicted octanol–water partition coefficient (Wildman–Crippen LogP) is 1.88. The summed E-state index contributed by atoms with van der Waals surface area (Å²) in [6.07, 6.45) is 0.340. The molecule has 1 fully saturated rings. The molecule has 0 saturated heterocycles. The van der Waals surface area contributed by atoms with Gasteiger partial charge in [0.1, 0.15) is 11.6 Å². The number of ether oxygens (including phenoxy) is 1. The number of carboxylic acid groups (broad SMARTS) is 1. The van der Waals surface area contributed by atoms with Crippen molar-refractivity contribution in [3.8, 4) is 5.75 Å². The monoisotopic (exact) mass is 267 g/mol. The first-order chi connectivity index (χ1) is 9.02. The maximum atomic E-state index is 13.1. The molecule has 0 aliphatic heterocycles. The molecule has 0 spiro atoms. The van der Waals surface area contributed by atoms with Gasteiger partial charge in [0, 0.05) is 6.07 Å². The van der Waals surface area contributed by atoms with E-state index in [-0.39, 0.29) is 11.7 Å². The molecule has 0 unspecified atom stereocenters. The highest BCUT2D eigenvalue weighted by molar-refractivity contribution is 5.99. The summed E-state index contributed by atoms with van der Waals surface area (Å²) in [5.74, 6) is -2.70. The Hall–Kier alpha value is -2.11. The fourth-order valence-corrected chi connectivity index (χ4v) is 1.86. The van der Waals surface area contributed by atoms with Crippen LogP contribution in [0.25, 0.3) is 0 Å². The normalized spacial score (nSPS) is 20.7. The van der Waals surface area contributed by atoms with Crippen LogP contribution in [0.3, 0.4) is 0 Å². The molecule has 102 valence electrons. The van der Waals surface area contributed by atoms with Crippen LogP contribution >= 0.6 is 0 Å². The average molecular weight is 267 g/mol. The lowest BCUT2D eigenvalue weighted by Gasteiger charge is -2.11. The molecule has 1 amide bonds. The first-order valence-electron chi connectivity index (χ1n) is 5.99. The first-order valence-corrected chi connectivity index (χ1v) is 5.99. The zero-order chi connectivity index (χ0) is 14.0. The molecule has 1 aromatic carbocycles. The number of carbonyl (C=O) groups is 2. The van der Waals surface area contributed by atoms with Crippen LogP contribution < -0.4 is 10.1 Å². The summed E-state index contributed by atoms with van der Waals surface area (Å²) in [5.41, 5.74) is 0.351. The van der Waals surface area contributed by atoms with Gasteiger partial charge in [0.05, 0.1) is 24.1 Å².